The van der Waals surface area contributed by atoms with Crippen molar-refractivity contribution in [1.82, 2.24) is 10.5 Å². The number of hydrogen-bond donors (Lipinski definition) is 4. The Hall–Kier alpha value is -2.15. The van der Waals surface area contributed by atoms with E-state index in [1.165, 1.54) is 18.5 Å². The van der Waals surface area contributed by atoms with Crippen molar-refractivity contribution in [1.29, 1.82) is 0 Å². The topological polar surface area (TPSA) is 116 Å². The van der Waals surface area contributed by atoms with E-state index in [2.05, 4.69) is 15.2 Å². The number of guanidine groups is 1. The summed E-state index contributed by atoms with van der Waals surface area (Å²) in [6, 6.07) is 3.05. The molecule has 5 N–H and O–H groups in total. The van der Waals surface area contributed by atoms with Crippen molar-refractivity contribution in [2.24, 2.45) is 15.9 Å². The molecule has 0 unspecified atom stereocenters. The second-order valence-electron chi connectivity index (χ2n) is 2.25. The zero-order valence-corrected chi connectivity index (χ0v) is 7.12. The zero-order chi connectivity index (χ0) is 10.4. The predicted octanol–water partition coefficient (Wildman–Crippen LogP) is -0.585. The number of nitrogens with one attached hydrogen (secondary N) is 1. The van der Waals surface area contributed by atoms with Crippen LogP contribution >= 0.6 is 0 Å². The van der Waals surface area contributed by atoms with Gasteiger partial charge in [0.1, 0.15) is 11.4 Å². The lowest BCUT2D eigenvalue weighted by molar-refractivity contribution is 0.232. The molecule has 7 heteroatoms. The maximum absolute atomic E-state index is 9.23. The fourth-order valence-corrected chi connectivity index (χ4v) is 0.677. The lowest BCUT2D eigenvalue weighted by atomic mass is 10.3. The van der Waals surface area contributed by atoms with Gasteiger partial charge < -0.3 is 10.8 Å². The van der Waals surface area contributed by atoms with Crippen LogP contribution < -0.4 is 11.2 Å². The van der Waals surface area contributed by atoms with Crippen LogP contribution in [0.4, 0.5) is 0 Å². The van der Waals surface area contributed by atoms with Gasteiger partial charge in [-0.1, -0.05) is 0 Å². The highest BCUT2D eigenvalue weighted by atomic mass is 16.5. The van der Waals surface area contributed by atoms with Gasteiger partial charge in [0.05, 0.1) is 6.21 Å². The van der Waals surface area contributed by atoms with E-state index in [-0.39, 0.29) is 17.4 Å². The molecule has 0 radical (unpaired) electrons. The van der Waals surface area contributed by atoms with Crippen LogP contribution in [0, 0.1) is 0 Å². The minimum Gasteiger partial charge on any atom is -0.506 e. The Labute approximate surface area is 79.6 Å². The van der Waals surface area contributed by atoms with Crippen LogP contribution in [0.25, 0.3) is 0 Å². The molecular weight excluding hydrogens is 186 g/mol. The van der Waals surface area contributed by atoms with Crippen molar-refractivity contribution in [3.05, 3.63) is 24.0 Å². The Kier molecular flexibility index (Phi) is 3.39. The van der Waals surface area contributed by atoms with Crippen LogP contribution in [0.5, 0.6) is 5.75 Å². The second-order valence-corrected chi connectivity index (χ2v) is 2.25. The summed E-state index contributed by atoms with van der Waals surface area (Å²) in [5.74, 6) is -0.265. The predicted molar refractivity (Wildman–Crippen MR) is 50.0 cm³/mol. The molecule has 74 valence electrons. The third-order valence-electron chi connectivity index (χ3n) is 1.28. The second kappa shape index (κ2) is 4.77. The number of hydrogen-bond acceptors (Lipinski definition) is 5. The zero-order valence-electron chi connectivity index (χ0n) is 7.12. The number of aromatic hydroxyl groups is 1. The Morgan fingerprint density at radius 1 is 1.64 bits per heavy atom. The van der Waals surface area contributed by atoms with Gasteiger partial charge in [-0.2, -0.15) is 5.10 Å². The van der Waals surface area contributed by atoms with E-state index in [1.54, 1.807) is 11.5 Å². The molecule has 0 spiro atoms. The minimum atomic E-state index is -0.253. The lowest BCUT2D eigenvalue weighted by Gasteiger charge is -1.94. The molecule has 0 fully saturated rings. The lowest BCUT2D eigenvalue weighted by Crippen LogP contribution is -2.27. The first-order chi connectivity index (χ1) is 6.74. The van der Waals surface area contributed by atoms with Gasteiger partial charge in [0.15, 0.2) is 0 Å². The van der Waals surface area contributed by atoms with Crippen LogP contribution in [0.3, 0.4) is 0 Å². The van der Waals surface area contributed by atoms with E-state index in [9.17, 15) is 5.11 Å². The van der Waals surface area contributed by atoms with Gasteiger partial charge in [-0.05, 0) is 12.1 Å². The monoisotopic (exact) mass is 195 g/mol. The van der Waals surface area contributed by atoms with Crippen molar-refractivity contribution >= 4 is 12.2 Å². The molecule has 1 aromatic heterocycles. The quantitative estimate of drug-likeness (QED) is 0.286. The van der Waals surface area contributed by atoms with Crippen molar-refractivity contribution in [2.45, 2.75) is 0 Å². The van der Waals surface area contributed by atoms with Crippen molar-refractivity contribution in [3.63, 3.8) is 0 Å². The van der Waals surface area contributed by atoms with Crippen LogP contribution in [0.2, 0.25) is 0 Å². The molecule has 0 atom stereocenters. The van der Waals surface area contributed by atoms with Crippen LogP contribution in [0.15, 0.2) is 28.5 Å². The standard InChI is InChI=1S/C7H9N5O2/c8-7(12-14)11-10-4-5-6(13)2-1-3-9-5/h1-4,13-14H,(H3,8,11,12). The molecule has 0 bridgehead atoms. The molecular formula is C7H9N5O2. The third kappa shape index (κ3) is 2.72. The highest BCUT2D eigenvalue weighted by molar-refractivity contribution is 5.82. The van der Waals surface area contributed by atoms with Crippen molar-refractivity contribution in [3.8, 4) is 5.75 Å². The van der Waals surface area contributed by atoms with E-state index in [0.717, 1.165) is 0 Å². The van der Waals surface area contributed by atoms with Gasteiger partial charge in [-0.3, -0.25) is 10.2 Å². The number of rotatable bonds is 2. The van der Waals surface area contributed by atoms with Crippen molar-refractivity contribution < 1.29 is 10.3 Å². The molecule has 0 amide bonds. The minimum absolute atomic E-state index is 0.0121. The first-order valence-corrected chi connectivity index (χ1v) is 3.64. The normalized spacial score (nSPS) is 11.9. The fourth-order valence-electron chi connectivity index (χ4n) is 0.677. The van der Waals surface area contributed by atoms with E-state index >= 15 is 0 Å². The Balaban J connectivity index is 2.74. The SMILES string of the molecule is N/C(=N\N=Cc1ncccc1O)NO. The molecule has 0 aliphatic heterocycles. The smallest absolute Gasteiger partial charge is 0.237 e. The van der Waals surface area contributed by atoms with Gasteiger partial charge in [-0.25, -0.2) is 5.48 Å². The Morgan fingerprint density at radius 2 is 2.43 bits per heavy atom. The first-order valence-electron chi connectivity index (χ1n) is 3.64. The number of pyridine rings is 1. The number of nitrogens with two attached hydrogens (primary N) is 1. The van der Waals surface area contributed by atoms with E-state index in [0.29, 0.717) is 0 Å². The van der Waals surface area contributed by atoms with E-state index in [4.69, 9.17) is 10.9 Å². The summed E-state index contributed by atoms with van der Waals surface area (Å²) in [4.78, 5) is 3.81. The van der Waals surface area contributed by atoms with Gasteiger partial charge in [0, 0.05) is 6.20 Å². The fraction of sp³-hybridized carbons (Fsp3) is 0. The summed E-state index contributed by atoms with van der Waals surface area (Å²) < 4.78 is 0. The average molecular weight is 195 g/mol. The molecule has 0 saturated carbocycles. The highest BCUT2D eigenvalue weighted by Crippen LogP contribution is 2.09. The maximum Gasteiger partial charge on any atom is 0.237 e. The van der Waals surface area contributed by atoms with Gasteiger partial charge in [0.2, 0.25) is 5.96 Å². The average Bonchev–Trinajstić information content (AvgIpc) is 2.20. The molecule has 0 saturated heterocycles. The van der Waals surface area contributed by atoms with Crippen molar-refractivity contribution in [2.75, 3.05) is 0 Å². The maximum atomic E-state index is 9.23. The summed E-state index contributed by atoms with van der Waals surface area (Å²) in [5.41, 5.74) is 6.93. The molecule has 7 nitrogen and oxygen atoms in total. The molecule has 1 rings (SSSR count). The summed E-state index contributed by atoms with van der Waals surface area (Å²) in [5, 5.41) is 24.3. The van der Waals surface area contributed by atoms with Gasteiger partial charge in [-0.15, -0.1) is 5.10 Å². The van der Waals surface area contributed by atoms with Gasteiger partial charge in [0.25, 0.3) is 0 Å². The molecule has 0 aliphatic rings. The number of aromatic nitrogens is 1. The third-order valence-corrected chi connectivity index (χ3v) is 1.28. The number of hydroxylamine groups is 1. The summed E-state index contributed by atoms with van der Waals surface area (Å²) in [6.45, 7) is 0. The van der Waals surface area contributed by atoms with Crippen LogP contribution in [0.1, 0.15) is 5.69 Å². The largest absolute Gasteiger partial charge is 0.506 e. The first kappa shape index (κ1) is 9.93. The van der Waals surface area contributed by atoms with Crippen LogP contribution in [-0.2, 0) is 0 Å². The molecule has 0 aromatic carbocycles. The molecule has 0 aliphatic carbocycles. The molecule has 1 aromatic rings. The van der Waals surface area contributed by atoms with E-state index < -0.39 is 0 Å². The highest BCUT2D eigenvalue weighted by Gasteiger charge is 1.95. The Bertz CT molecular complexity index is 363. The van der Waals surface area contributed by atoms with Gasteiger partial charge >= 0.3 is 0 Å². The van der Waals surface area contributed by atoms with Crippen LogP contribution in [-0.4, -0.2) is 27.5 Å². The molecule has 1 heterocycles. The summed E-state index contributed by atoms with van der Waals surface area (Å²) in [6.07, 6.45) is 2.71. The summed E-state index contributed by atoms with van der Waals surface area (Å²) >= 11 is 0. The molecule has 14 heavy (non-hydrogen) atoms. The number of nitrogens with zero attached hydrogens (tertiary/aromatic N) is 3. The van der Waals surface area contributed by atoms with E-state index in [1.807, 2.05) is 0 Å². The summed E-state index contributed by atoms with van der Waals surface area (Å²) in [7, 11) is 0. The Morgan fingerprint density at radius 3 is 3.07 bits per heavy atom.